The van der Waals surface area contributed by atoms with E-state index >= 15 is 0 Å². The molecule has 1 aromatic rings. The highest BCUT2D eigenvalue weighted by molar-refractivity contribution is 5.26. The Labute approximate surface area is 121 Å². The van der Waals surface area contributed by atoms with Crippen molar-refractivity contribution in [3.05, 3.63) is 35.4 Å². The molecule has 4 rings (SSSR count). The van der Waals surface area contributed by atoms with Crippen LogP contribution in [0.1, 0.15) is 49.3 Å². The van der Waals surface area contributed by atoms with Crippen molar-refractivity contribution in [2.45, 2.75) is 57.2 Å². The first-order chi connectivity index (χ1) is 9.81. The predicted octanol–water partition coefficient (Wildman–Crippen LogP) is 3.60. The summed E-state index contributed by atoms with van der Waals surface area (Å²) in [5.41, 5.74) is 2.82. The van der Waals surface area contributed by atoms with Gasteiger partial charge in [0.1, 0.15) is 0 Å². The van der Waals surface area contributed by atoms with Crippen LogP contribution >= 0.6 is 0 Å². The van der Waals surface area contributed by atoms with Crippen LogP contribution in [0.5, 0.6) is 0 Å². The average Bonchev–Trinajstić information content (AvgIpc) is 3.37. The van der Waals surface area contributed by atoms with Gasteiger partial charge in [-0.3, -0.25) is 0 Å². The highest BCUT2D eigenvalue weighted by atomic mass is 16.5. The molecule has 3 atom stereocenters. The van der Waals surface area contributed by atoms with E-state index in [1.54, 1.807) is 0 Å². The second kappa shape index (κ2) is 5.16. The Balaban J connectivity index is 1.49. The molecule has 2 aliphatic carbocycles. The first-order valence-corrected chi connectivity index (χ1v) is 8.25. The maximum atomic E-state index is 5.98. The highest BCUT2D eigenvalue weighted by Crippen LogP contribution is 2.44. The fraction of sp³-hybridized carbons (Fsp3) is 0.667. The van der Waals surface area contributed by atoms with Gasteiger partial charge in [-0.05, 0) is 56.4 Å². The normalized spacial score (nSPS) is 31.4. The van der Waals surface area contributed by atoms with E-state index in [1.807, 2.05) is 0 Å². The van der Waals surface area contributed by atoms with E-state index in [0.29, 0.717) is 18.2 Å². The van der Waals surface area contributed by atoms with Crippen molar-refractivity contribution in [2.75, 3.05) is 6.61 Å². The smallest absolute Gasteiger partial charge is 0.0757 e. The second-order valence-corrected chi connectivity index (χ2v) is 6.96. The van der Waals surface area contributed by atoms with Gasteiger partial charge >= 0.3 is 0 Å². The molecule has 3 fully saturated rings. The molecule has 0 radical (unpaired) electrons. The van der Waals surface area contributed by atoms with Crippen LogP contribution in [0.15, 0.2) is 24.3 Å². The number of hydrogen-bond donors (Lipinski definition) is 1. The number of nitrogens with one attached hydrogen (secondary N) is 1. The highest BCUT2D eigenvalue weighted by Gasteiger charge is 2.43. The summed E-state index contributed by atoms with van der Waals surface area (Å²) in [5, 5.41) is 3.96. The van der Waals surface area contributed by atoms with Gasteiger partial charge < -0.3 is 10.1 Å². The molecule has 2 nitrogen and oxygen atoms in total. The van der Waals surface area contributed by atoms with Crippen molar-refractivity contribution in [1.82, 2.24) is 5.32 Å². The predicted molar refractivity (Wildman–Crippen MR) is 80.6 cm³/mol. The molecule has 108 valence electrons. The summed E-state index contributed by atoms with van der Waals surface area (Å²) in [5.74, 6) is 1.69. The molecule has 3 aliphatic rings. The van der Waals surface area contributed by atoms with Gasteiger partial charge in [-0.25, -0.2) is 0 Å². The van der Waals surface area contributed by atoms with Crippen molar-refractivity contribution >= 4 is 0 Å². The molecule has 2 saturated carbocycles. The number of hydrogen-bond acceptors (Lipinski definition) is 2. The SMILES string of the molecule is Cc1ccc(C(NC2CCOC2C2CC2)C2CC2)cc1. The van der Waals surface area contributed by atoms with Crippen LogP contribution in [-0.2, 0) is 4.74 Å². The van der Waals surface area contributed by atoms with Gasteiger partial charge in [0.15, 0.2) is 0 Å². The molecule has 1 saturated heterocycles. The lowest BCUT2D eigenvalue weighted by atomic mass is 9.97. The molecular formula is C18H25NO. The summed E-state index contributed by atoms with van der Waals surface area (Å²) in [6.45, 7) is 3.11. The Kier molecular flexibility index (Phi) is 3.31. The largest absolute Gasteiger partial charge is 0.376 e. The molecule has 0 aromatic heterocycles. The molecule has 20 heavy (non-hydrogen) atoms. The van der Waals surface area contributed by atoms with E-state index in [0.717, 1.165) is 18.4 Å². The first-order valence-electron chi connectivity index (χ1n) is 8.25. The van der Waals surface area contributed by atoms with E-state index in [2.05, 4.69) is 36.5 Å². The third-order valence-electron chi connectivity index (χ3n) is 5.15. The van der Waals surface area contributed by atoms with Crippen molar-refractivity contribution < 1.29 is 4.74 Å². The van der Waals surface area contributed by atoms with Crippen molar-refractivity contribution in [3.8, 4) is 0 Å². The van der Waals surface area contributed by atoms with E-state index in [-0.39, 0.29) is 0 Å². The van der Waals surface area contributed by atoms with Crippen LogP contribution in [0.25, 0.3) is 0 Å². The fourth-order valence-corrected chi connectivity index (χ4v) is 3.62. The molecular weight excluding hydrogens is 246 g/mol. The van der Waals surface area contributed by atoms with Gasteiger partial charge in [0.2, 0.25) is 0 Å². The zero-order valence-electron chi connectivity index (χ0n) is 12.3. The van der Waals surface area contributed by atoms with Gasteiger partial charge in [0.05, 0.1) is 6.10 Å². The number of ether oxygens (including phenoxy) is 1. The zero-order valence-corrected chi connectivity index (χ0v) is 12.3. The maximum Gasteiger partial charge on any atom is 0.0757 e. The minimum absolute atomic E-state index is 0.488. The van der Waals surface area contributed by atoms with E-state index in [9.17, 15) is 0 Å². The van der Waals surface area contributed by atoms with Crippen molar-refractivity contribution in [2.24, 2.45) is 11.8 Å². The second-order valence-electron chi connectivity index (χ2n) is 6.96. The van der Waals surface area contributed by atoms with Gasteiger partial charge in [0, 0.05) is 18.7 Å². The lowest BCUT2D eigenvalue weighted by molar-refractivity contribution is 0.0782. The summed E-state index contributed by atoms with van der Waals surface area (Å²) in [6.07, 6.45) is 7.20. The topological polar surface area (TPSA) is 21.3 Å². The monoisotopic (exact) mass is 271 g/mol. The van der Waals surface area contributed by atoms with Crippen LogP contribution in [0.4, 0.5) is 0 Å². The van der Waals surface area contributed by atoms with Crippen molar-refractivity contribution in [1.29, 1.82) is 0 Å². The van der Waals surface area contributed by atoms with Crippen LogP contribution in [-0.4, -0.2) is 18.8 Å². The summed E-state index contributed by atoms with van der Waals surface area (Å²) in [6, 6.07) is 10.2. The van der Waals surface area contributed by atoms with Crippen LogP contribution in [0, 0.1) is 18.8 Å². The van der Waals surface area contributed by atoms with E-state index in [1.165, 1.54) is 43.2 Å². The van der Waals surface area contributed by atoms with Crippen LogP contribution in [0.3, 0.4) is 0 Å². The van der Waals surface area contributed by atoms with E-state index < -0.39 is 0 Å². The minimum Gasteiger partial charge on any atom is -0.376 e. The Morgan fingerprint density at radius 1 is 1.05 bits per heavy atom. The molecule has 2 heteroatoms. The Hall–Kier alpha value is -0.860. The van der Waals surface area contributed by atoms with Gasteiger partial charge in [-0.2, -0.15) is 0 Å². The molecule has 1 heterocycles. The standard InChI is InChI=1S/C18H25NO/c1-12-2-4-13(5-3-12)17(14-6-7-14)19-16-10-11-20-18(16)15-8-9-15/h2-5,14-19H,6-11H2,1H3. The maximum absolute atomic E-state index is 5.98. The van der Waals surface area contributed by atoms with Gasteiger partial charge in [-0.15, -0.1) is 0 Å². The molecule has 1 aliphatic heterocycles. The average molecular weight is 271 g/mol. The molecule has 0 amide bonds. The number of aryl methyl sites for hydroxylation is 1. The summed E-state index contributed by atoms with van der Waals surface area (Å²) in [7, 11) is 0. The van der Waals surface area contributed by atoms with Gasteiger partial charge in [0.25, 0.3) is 0 Å². The fourth-order valence-electron chi connectivity index (χ4n) is 3.62. The molecule has 0 bridgehead atoms. The van der Waals surface area contributed by atoms with E-state index in [4.69, 9.17) is 4.74 Å². The number of rotatable bonds is 5. The van der Waals surface area contributed by atoms with Crippen molar-refractivity contribution in [3.63, 3.8) is 0 Å². The molecule has 1 aromatic carbocycles. The minimum atomic E-state index is 0.488. The number of benzene rings is 1. The Bertz CT molecular complexity index is 461. The quantitative estimate of drug-likeness (QED) is 0.883. The lowest BCUT2D eigenvalue weighted by Gasteiger charge is -2.27. The Morgan fingerprint density at radius 2 is 1.80 bits per heavy atom. The zero-order chi connectivity index (χ0) is 13.5. The molecule has 3 unspecified atom stereocenters. The lowest BCUT2D eigenvalue weighted by Crippen LogP contribution is -2.40. The molecule has 0 spiro atoms. The Morgan fingerprint density at radius 3 is 2.45 bits per heavy atom. The summed E-state index contributed by atoms with van der Waals surface area (Å²) in [4.78, 5) is 0. The third-order valence-corrected chi connectivity index (χ3v) is 5.15. The summed E-state index contributed by atoms with van der Waals surface area (Å²) >= 11 is 0. The first kappa shape index (κ1) is 12.8. The van der Waals surface area contributed by atoms with Gasteiger partial charge in [-0.1, -0.05) is 29.8 Å². The summed E-state index contributed by atoms with van der Waals surface area (Å²) < 4.78 is 5.98. The third kappa shape index (κ3) is 2.64. The molecule has 1 N–H and O–H groups in total. The van der Waals surface area contributed by atoms with Crippen LogP contribution < -0.4 is 5.32 Å². The van der Waals surface area contributed by atoms with Crippen LogP contribution in [0.2, 0.25) is 0 Å².